The first-order valence-electron chi connectivity index (χ1n) is 7.57. The maximum atomic E-state index is 5.97. The lowest BCUT2D eigenvalue weighted by Gasteiger charge is -2.35. The first-order valence-corrected chi connectivity index (χ1v) is 9.38. The molecule has 2 N–H and O–H groups in total. The summed E-state index contributed by atoms with van der Waals surface area (Å²) in [5.41, 5.74) is 0. The fourth-order valence-electron chi connectivity index (χ4n) is 2.49. The normalized spacial score (nSPS) is 18.2. The SMILES string of the molecule is CCCN[Si](NC1CCCCC1)(OCC)OCC. The molecule has 0 bridgehead atoms. The molecule has 0 aromatic rings. The third kappa shape index (κ3) is 5.36. The lowest BCUT2D eigenvalue weighted by Crippen LogP contribution is -2.69. The first-order chi connectivity index (χ1) is 8.76. The summed E-state index contributed by atoms with van der Waals surface area (Å²) in [7, 11) is -2.40. The van der Waals surface area contributed by atoms with Gasteiger partial charge < -0.3 is 8.85 Å². The van der Waals surface area contributed by atoms with Crippen molar-refractivity contribution in [1.29, 1.82) is 0 Å². The minimum absolute atomic E-state index is 0.563. The van der Waals surface area contributed by atoms with Crippen LogP contribution in [0.15, 0.2) is 0 Å². The Kier molecular flexibility index (Phi) is 8.09. The minimum atomic E-state index is -2.40. The van der Waals surface area contributed by atoms with E-state index in [0.29, 0.717) is 19.3 Å². The Morgan fingerprint density at radius 3 is 2.11 bits per heavy atom. The molecule has 0 aromatic heterocycles. The monoisotopic (exact) mass is 274 g/mol. The molecule has 0 spiro atoms. The molecule has 0 aromatic carbocycles. The lowest BCUT2D eigenvalue weighted by atomic mass is 9.96. The van der Waals surface area contributed by atoms with Crippen molar-refractivity contribution in [2.24, 2.45) is 0 Å². The van der Waals surface area contributed by atoms with Crippen molar-refractivity contribution in [2.45, 2.75) is 65.3 Å². The van der Waals surface area contributed by atoms with E-state index in [0.717, 1.165) is 13.0 Å². The summed E-state index contributed by atoms with van der Waals surface area (Å²) in [6.45, 7) is 8.59. The molecule has 1 rings (SSSR count). The van der Waals surface area contributed by atoms with Crippen LogP contribution in [0.1, 0.15) is 59.3 Å². The summed E-state index contributed by atoms with van der Waals surface area (Å²) in [4.78, 5) is 7.20. The van der Waals surface area contributed by atoms with Gasteiger partial charge in [-0.05, 0) is 39.7 Å². The number of rotatable bonds is 9. The van der Waals surface area contributed by atoms with Crippen molar-refractivity contribution in [1.82, 2.24) is 9.96 Å². The average Bonchev–Trinajstić information content (AvgIpc) is 2.38. The van der Waals surface area contributed by atoms with E-state index in [2.05, 4.69) is 16.9 Å². The van der Waals surface area contributed by atoms with E-state index in [1.807, 2.05) is 13.8 Å². The summed E-state index contributed by atoms with van der Waals surface area (Å²) in [6, 6.07) is 0.563. The van der Waals surface area contributed by atoms with Crippen LogP contribution in [0.2, 0.25) is 0 Å². The quantitative estimate of drug-likeness (QED) is 0.634. The van der Waals surface area contributed by atoms with Gasteiger partial charge in [-0.3, -0.25) is 9.96 Å². The van der Waals surface area contributed by atoms with Crippen molar-refractivity contribution in [3.05, 3.63) is 0 Å². The molecule has 0 unspecified atom stereocenters. The Morgan fingerprint density at radius 1 is 1.00 bits per heavy atom. The first kappa shape index (κ1) is 16.1. The summed E-state index contributed by atoms with van der Waals surface area (Å²) in [5, 5.41) is 0. The Labute approximate surface area is 113 Å². The number of nitrogens with one attached hydrogen (secondary N) is 2. The third-order valence-corrected chi connectivity index (χ3v) is 6.20. The summed E-state index contributed by atoms with van der Waals surface area (Å²) in [5.74, 6) is 0. The summed E-state index contributed by atoms with van der Waals surface area (Å²) < 4.78 is 11.9. The van der Waals surface area contributed by atoms with Crippen LogP contribution in [-0.4, -0.2) is 34.7 Å². The van der Waals surface area contributed by atoms with Crippen molar-refractivity contribution >= 4 is 8.88 Å². The van der Waals surface area contributed by atoms with E-state index >= 15 is 0 Å². The number of hydrogen-bond donors (Lipinski definition) is 2. The molecule has 0 heterocycles. The second-order valence-electron chi connectivity index (χ2n) is 4.89. The highest BCUT2D eigenvalue weighted by atomic mass is 28.4. The largest absolute Gasteiger partial charge is 0.517 e. The van der Waals surface area contributed by atoms with Crippen LogP contribution in [0.5, 0.6) is 0 Å². The maximum Gasteiger partial charge on any atom is 0.517 e. The van der Waals surface area contributed by atoms with Crippen molar-refractivity contribution in [3.8, 4) is 0 Å². The lowest BCUT2D eigenvalue weighted by molar-refractivity contribution is 0.151. The van der Waals surface area contributed by atoms with Crippen LogP contribution in [0.3, 0.4) is 0 Å². The van der Waals surface area contributed by atoms with Gasteiger partial charge in [-0.2, -0.15) is 0 Å². The molecular weight excluding hydrogens is 244 g/mol. The Hall–Kier alpha value is 0.0569. The molecule has 0 amide bonds. The zero-order chi connectivity index (χ0) is 13.3. The Balaban J connectivity index is 2.58. The predicted octanol–water partition coefficient (Wildman–Crippen LogP) is 2.42. The number of hydrogen-bond acceptors (Lipinski definition) is 4. The molecule has 5 heteroatoms. The van der Waals surface area contributed by atoms with Crippen LogP contribution in [0.25, 0.3) is 0 Å². The predicted molar refractivity (Wildman–Crippen MR) is 77.3 cm³/mol. The second kappa shape index (κ2) is 9.04. The summed E-state index contributed by atoms with van der Waals surface area (Å²) >= 11 is 0. The topological polar surface area (TPSA) is 42.5 Å². The Bertz CT molecular complexity index is 205. The smallest absolute Gasteiger partial charge is 0.371 e. The highest BCUT2D eigenvalue weighted by molar-refractivity contribution is 6.62. The van der Waals surface area contributed by atoms with Gasteiger partial charge >= 0.3 is 8.88 Å². The van der Waals surface area contributed by atoms with E-state index in [9.17, 15) is 0 Å². The van der Waals surface area contributed by atoms with E-state index in [1.165, 1.54) is 32.1 Å². The molecule has 0 atom stereocenters. The van der Waals surface area contributed by atoms with Gasteiger partial charge in [0, 0.05) is 19.3 Å². The van der Waals surface area contributed by atoms with E-state index in [1.54, 1.807) is 0 Å². The molecule has 4 nitrogen and oxygen atoms in total. The third-order valence-electron chi connectivity index (χ3n) is 3.30. The maximum absolute atomic E-state index is 5.97. The van der Waals surface area contributed by atoms with E-state index in [-0.39, 0.29) is 0 Å². The van der Waals surface area contributed by atoms with Gasteiger partial charge in [0.15, 0.2) is 0 Å². The molecule has 108 valence electrons. The van der Waals surface area contributed by atoms with Crippen LogP contribution < -0.4 is 9.96 Å². The zero-order valence-electron chi connectivity index (χ0n) is 12.3. The molecule has 1 saturated carbocycles. The minimum Gasteiger partial charge on any atom is -0.371 e. The van der Waals surface area contributed by atoms with Gasteiger partial charge in [0.2, 0.25) is 0 Å². The highest BCUT2D eigenvalue weighted by Crippen LogP contribution is 2.19. The van der Waals surface area contributed by atoms with Crippen LogP contribution in [0.4, 0.5) is 0 Å². The van der Waals surface area contributed by atoms with Gasteiger partial charge in [-0.25, -0.2) is 0 Å². The molecule has 1 fully saturated rings. The molecule has 1 aliphatic rings. The van der Waals surface area contributed by atoms with Gasteiger partial charge in [0.25, 0.3) is 0 Å². The summed E-state index contributed by atoms with van der Waals surface area (Å²) in [6.07, 6.45) is 7.63. The zero-order valence-corrected chi connectivity index (χ0v) is 13.3. The molecule has 0 aliphatic heterocycles. The van der Waals surface area contributed by atoms with Gasteiger partial charge in [0.05, 0.1) is 0 Å². The highest BCUT2D eigenvalue weighted by Gasteiger charge is 2.40. The molecule has 0 saturated heterocycles. The van der Waals surface area contributed by atoms with E-state index < -0.39 is 8.88 Å². The van der Waals surface area contributed by atoms with Gasteiger partial charge in [-0.15, -0.1) is 0 Å². The van der Waals surface area contributed by atoms with Crippen LogP contribution in [-0.2, 0) is 8.85 Å². The van der Waals surface area contributed by atoms with Crippen LogP contribution >= 0.6 is 0 Å². The molecular formula is C13H30N2O2Si. The average molecular weight is 274 g/mol. The van der Waals surface area contributed by atoms with E-state index in [4.69, 9.17) is 8.85 Å². The Morgan fingerprint density at radius 2 is 1.61 bits per heavy atom. The molecule has 18 heavy (non-hydrogen) atoms. The van der Waals surface area contributed by atoms with Gasteiger partial charge in [0.1, 0.15) is 0 Å². The molecule has 1 aliphatic carbocycles. The van der Waals surface area contributed by atoms with Crippen molar-refractivity contribution in [3.63, 3.8) is 0 Å². The van der Waals surface area contributed by atoms with Crippen molar-refractivity contribution in [2.75, 3.05) is 19.8 Å². The fourth-order valence-corrected chi connectivity index (χ4v) is 5.26. The fraction of sp³-hybridized carbons (Fsp3) is 1.00. The van der Waals surface area contributed by atoms with Crippen molar-refractivity contribution < 1.29 is 8.85 Å². The van der Waals surface area contributed by atoms with Gasteiger partial charge in [-0.1, -0.05) is 26.2 Å². The second-order valence-corrected chi connectivity index (χ2v) is 7.34. The molecule has 0 radical (unpaired) electrons. The van der Waals surface area contributed by atoms with Crippen LogP contribution in [0, 0.1) is 0 Å². The standard InChI is InChI=1S/C13H30N2O2Si/c1-4-12-14-18(16-5-2,17-6-3)15-13-10-8-7-9-11-13/h13-15H,4-12H2,1-3H3.